The van der Waals surface area contributed by atoms with E-state index in [2.05, 4.69) is 20.0 Å². The molecule has 0 radical (unpaired) electrons. The second kappa shape index (κ2) is 6.23. The summed E-state index contributed by atoms with van der Waals surface area (Å²) in [6.07, 6.45) is -0.934. The van der Waals surface area contributed by atoms with E-state index in [0.29, 0.717) is 18.8 Å². The van der Waals surface area contributed by atoms with Crippen molar-refractivity contribution in [3.8, 4) is 5.75 Å². The minimum atomic E-state index is -4.66. The summed E-state index contributed by atoms with van der Waals surface area (Å²) in [7, 11) is 0. The highest BCUT2D eigenvalue weighted by Gasteiger charge is 2.30. The predicted octanol–water partition coefficient (Wildman–Crippen LogP) is 3.03. The van der Waals surface area contributed by atoms with Gasteiger partial charge in [-0.15, -0.1) is 13.2 Å². The minimum absolute atomic E-state index is 0.218. The van der Waals surface area contributed by atoms with Crippen molar-refractivity contribution in [1.29, 1.82) is 0 Å². The molecule has 7 heteroatoms. The molecular weight excluding hydrogens is 271 g/mol. The fraction of sp³-hybridized carbons (Fsp3) is 0.231. The molecule has 4 nitrogen and oxygen atoms in total. The van der Waals surface area contributed by atoms with Gasteiger partial charge in [0.25, 0.3) is 0 Å². The van der Waals surface area contributed by atoms with E-state index in [4.69, 9.17) is 0 Å². The molecule has 0 aliphatic heterocycles. The molecule has 0 saturated carbocycles. The van der Waals surface area contributed by atoms with Crippen LogP contribution in [-0.2, 0) is 6.42 Å². The summed E-state index contributed by atoms with van der Waals surface area (Å²) in [5, 5.41) is 3.08. The van der Waals surface area contributed by atoms with Crippen molar-refractivity contribution in [2.24, 2.45) is 0 Å². The van der Waals surface area contributed by atoms with Crippen LogP contribution in [0.2, 0.25) is 0 Å². The van der Waals surface area contributed by atoms with Crippen molar-refractivity contribution in [3.63, 3.8) is 0 Å². The number of aromatic nitrogens is 2. The SMILES string of the molecule is FC(F)(F)Oc1ccc(CCNc2ccncn2)cc1. The zero-order chi connectivity index (χ0) is 14.4. The van der Waals surface area contributed by atoms with E-state index in [1.54, 1.807) is 24.4 Å². The molecule has 0 aliphatic rings. The number of benzene rings is 1. The Hall–Kier alpha value is -2.31. The lowest BCUT2D eigenvalue weighted by Gasteiger charge is -2.09. The highest BCUT2D eigenvalue weighted by atomic mass is 19.4. The third kappa shape index (κ3) is 4.75. The number of nitrogens with one attached hydrogen (secondary N) is 1. The molecule has 2 rings (SSSR count). The molecule has 1 aromatic carbocycles. The zero-order valence-electron chi connectivity index (χ0n) is 10.4. The molecule has 20 heavy (non-hydrogen) atoms. The van der Waals surface area contributed by atoms with Crippen LogP contribution in [0.4, 0.5) is 19.0 Å². The molecule has 0 saturated heterocycles. The van der Waals surface area contributed by atoms with Crippen molar-refractivity contribution in [2.75, 3.05) is 11.9 Å². The van der Waals surface area contributed by atoms with Crippen LogP contribution in [0.5, 0.6) is 5.75 Å². The molecule has 0 spiro atoms. The van der Waals surface area contributed by atoms with Gasteiger partial charge in [0.05, 0.1) is 0 Å². The largest absolute Gasteiger partial charge is 0.573 e. The van der Waals surface area contributed by atoms with Gasteiger partial charge in [-0.3, -0.25) is 0 Å². The molecule has 1 N–H and O–H groups in total. The summed E-state index contributed by atoms with van der Waals surface area (Å²) in [4.78, 5) is 7.79. The van der Waals surface area contributed by atoms with Gasteiger partial charge in [0.1, 0.15) is 17.9 Å². The van der Waals surface area contributed by atoms with Gasteiger partial charge in [-0.2, -0.15) is 0 Å². The molecule has 2 aromatic rings. The standard InChI is InChI=1S/C13H12F3N3O/c14-13(15,16)20-11-3-1-10(2-4-11)5-8-18-12-6-7-17-9-19-12/h1-4,6-7,9H,5,8H2,(H,17,18,19). The lowest BCUT2D eigenvalue weighted by molar-refractivity contribution is -0.274. The first kappa shape index (κ1) is 14.1. The van der Waals surface area contributed by atoms with Crippen molar-refractivity contribution in [1.82, 2.24) is 9.97 Å². The minimum Gasteiger partial charge on any atom is -0.406 e. The molecule has 1 heterocycles. The summed E-state index contributed by atoms with van der Waals surface area (Å²) < 4.78 is 39.8. The number of alkyl halides is 3. The van der Waals surface area contributed by atoms with Crippen LogP contribution >= 0.6 is 0 Å². The molecule has 0 bridgehead atoms. The lowest BCUT2D eigenvalue weighted by Crippen LogP contribution is -2.17. The Labute approximate surface area is 113 Å². The fourth-order valence-electron chi connectivity index (χ4n) is 1.59. The van der Waals surface area contributed by atoms with Crippen LogP contribution in [0.3, 0.4) is 0 Å². The third-order valence-corrected chi connectivity index (χ3v) is 2.46. The van der Waals surface area contributed by atoms with Gasteiger partial charge in [0.2, 0.25) is 0 Å². The maximum Gasteiger partial charge on any atom is 0.573 e. The highest BCUT2D eigenvalue weighted by Crippen LogP contribution is 2.22. The summed E-state index contributed by atoms with van der Waals surface area (Å²) in [6.45, 7) is 0.622. The van der Waals surface area contributed by atoms with Gasteiger partial charge in [-0.05, 0) is 30.2 Å². The van der Waals surface area contributed by atoms with Gasteiger partial charge >= 0.3 is 6.36 Å². The van der Waals surface area contributed by atoms with E-state index >= 15 is 0 Å². The van der Waals surface area contributed by atoms with Gasteiger partial charge in [-0.25, -0.2) is 9.97 Å². The number of ether oxygens (including phenoxy) is 1. The second-order valence-electron chi connectivity index (χ2n) is 3.96. The van der Waals surface area contributed by atoms with Gasteiger partial charge in [0, 0.05) is 12.7 Å². The Balaban J connectivity index is 1.82. The van der Waals surface area contributed by atoms with Crippen LogP contribution in [0.25, 0.3) is 0 Å². The Morgan fingerprint density at radius 2 is 1.85 bits per heavy atom. The van der Waals surface area contributed by atoms with Crippen molar-refractivity contribution in [2.45, 2.75) is 12.8 Å². The molecule has 106 valence electrons. The smallest absolute Gasteiger partial charge is 0.406 e. The molecule has 0 aliphatic carbocycles. The number of hydrogen-bond donors (Lipinski definition) is 1. The number of hydrogen-bond acceptors (Lipinski definition) is 4. The van der Waals surface area contributed by atoms with Gasteiger partial charge in [-0.1, -0.05) is 12.1 Å². The van der Waals surface area contributed by atoms with E-state index in [-0.39, 0.29) is 5.75 Å². The third-order valence-electron chi connectivity index (χ3n) is 2.46. The van der Waals surface area contributed by atoms with E-state index in [9.17, 15) is 13.2 Å². The van der Waals surface area contributed by atoms with Gasteiger partial charge in [0.15, 0.2) is 0 Å². The van der Waals surface area contributed by atoms with Crippen LogP contribution in [0.15, 0.2) is 42.9 Å². The molecule has 1 aromatic heterocycles. The Morgan fingerprint density at radius 1 is 1.10 bits per heavy atom. The zero-order valence-corrected chi connectivity index (χ0v) is 10.4. The van der Waals surface area contributed by atoms with Crippen molar-refractivity contribution >= 4 is 5.82 Å². The first-order valence-electron chi connectivity index (χ1n) is 5.87. The average molecular weight is 283 g/mol. The summed E-state index contributed by atoms with van der Waals surface area (Å²) in [6, 6.07) is 7.53. The quantitative estimate of drug-likeness (QED) is 0.916. The van der Waals surface area contributed by atoms with E-state index in [1.807, 2.05) is 0 Å². The molecule has 0 amide bonds. The monoisotopic (exact) mass is 283 g/mol. The Morgan fingerprint density at radius 3 is 2.45 bits per heavy atom. The van der Waals surface area contributed by atoms with Crippen LogP contribution < -0.4 is 10.1 Å². The maximum absolute atomic E-state index is 12.0. The topological polar surface area (TPSA) is 47.0 Å². The summed E-state index contributed by atoms with van der Waals surface area (Å²) >= 11 is 0. The number of rotatable bonds is 5. The highest BCUT2D eigenvalue weighted by molar-refractivity contribution is 5.32. The fourth-order valence-corrected chi connectivity index (χ4v) is 1.59. The van der Waals surface area contributed by atoms with Crippen LogP contribution in [0.1, 0.15) is 5.56 Å². The van der Waals surface area contributed by atoms with Crippen molar-refractivity contribution < 1.29 is 17.9 Å². The Bertz CT molecular complexity index is 529. The predicted molar refractivity (Wildman–Crippen MR) is 67.4 cm³/mol. The van der Waals surface area contributed by atoms with E-state index in [0.717, 1.165) is 5.56 Å². The normalized spacial score (nSPS) is 11.2. The lowest BCUT2D eigenvalue weighted by atomic mass is 10.1. The van der Waals surface area contributed by atoms with Crippen molar-refractivity contribution in [3.05, 3.63) is 48.4 Å². The first-order valence-corrected chi connectivity index (χ1v) is 5.87. The number of anilines is 1. The Kier molecular flexibility index (Phi) is 4.39. The molecule has 0 unspecified atom stereocenters. The number of nitrogens with zero attached hydrogens (tertiary/aromatic N) is 2. The van der Waals surface area contributed by atoms with Crippen LogP contribution in [-0.4, -0.2) is 22.9 Å². The first-order chi connectivity index (χ1) is 9.53. The average Bonchev–Trinajstić information content (AvgIpc) is 2.40. The summed E-state index contributed by atoms with van der Waals surface area (Å²) in [5.41, 5.74) is 0.904. The van der Waals surface area contributed by atoms with Crippen LogP contribution in [0, 0.1) is 0 Å². The molecule has 0 atom stereocenters. The molecular formula is C13H12F3N3O. The van der Waals surface area contributed by atoms with E-state index in [1.165, 1.54) is 18.5 Å². The van der Waals surface area contributed by atoms with Gasteiger partial charge < -0.3 is 10.1 Å². The van der Waals surface area contributed by atoms with E-state index < -0.39 is 6.36 Å². The summed E-state index contributed by atoms with van der Waals surface area (Å²) in [5.74, 6) is 0.488. The maximum atomic E-state index is 12.0. The number of halogens is 3. The molecule has 0 fully saturated rings. The second-order valence-corrected chi connectivity index (χ2v) is 3.96.